The number of fused-ring (bicyclic) bond motifs is 4. The molecular weight excluding hydrogens is 701 g/mol. The Kier molecular flexibility index (Phi) is 9.21. The minimum absolute atomic E-state index is 0.0700. The van der Waals surface area contributed by atoms with Gasteiger partial charge in [0.2, 0.25) is 0 Å². The lowest BCUT2D eigenvalue weighted by Crippen LogP contribution is -2.13. The van der Waals surface area contributed by atoms with Crippen LogP contribution in [-0.2, 0) is 5.41 Å². The van der Waals surface area contributed by atoms with Crippen molar-refractivity contribution in [1.82, 2.24) is 4.57 Å². The van der Waals surface area contributed by atoms with Gasteiger partial charge in [0.1, 0.15) is 0 Å². The molecule has 9 aromatic rings. The maximum Gasteiger partial charge on any atom is 0.0562 e. The molecule has 0 N–H and O–H groups in total. The summed E-state index contributed by atoms with van der Waals surface area (Å²) < 4.78 is 2.43. The molecule has 1 fully saturated rings. The van der Waals surface area contributed by atoms with Crippen LogP contribution in [-0.4, -0.2) is 4.57 Å². The number of benzene rings is 8. The van der Waals surface area contributed by atoms with E-state index < -0.39 is 0 Å². The van der Waals surface area contributed by atoms with Gasteiger partial charge in [-0.3, -0.25) is 0 Å². The van der Waals surface area contributed by atoms with Crippen molar-refractivity contribution in [3.8, 4) is 27.9 Å². The molecule has 0 aliphatic heterocycles. The normalized spacial score (nSPS) is 13.7. The Labute approximate surface area is 343 Å². The number of anilines is 3. The quantitative estimate of drug-likeness (QED) is 0.157. The van der Waals surface area contributed by atoms with Crippen molar-refractivity contribution in [1.29, 1.82) is 0 Å². The van der Waals surface area contributed by atoms with Crippen LogP contribution in [0.15, 0.2) is 182 Å². The average Bonchev–Trinajstić information content (AvgIpc) is 3.62. The number of hydrogen-bond donors (Lipinski definition) is 0. The second-order valence-electron chi connectivity index (χ2n) is 17.1. The van der Waals surface area contributed by atoms with Crippen LogP contribution >= 0.6 is 0 Å². The summed E-state index contributed by atoms with van der Waals surface area (Å²) in [5, 5.41) is 5.18. The molecule has 0 radical (unpaired) electrons. The highest BCUT2D eigenvalue weighted by molar-refractivity contribution is 6.17. The van der Waals surface area contributed by atoms with Gasteiger partial charge in [0.05, 0.1) is 28.1 Å². The van der Waals surface area contributed by atoms with Gasteiger partial charge in [0, 0.05) is 27.6 Å². The average molecular weight is 751 g/mol. The molecule has 2 heteroatoms. The molecule has 0 saturated heterocycles. The van der Waals surface area contributed by atoms with E-state index in [2.05, 4.69) is 212 Å². The zero-order chi connectivity index (χ0) is 39.2. The van der Waals surface area contributed by atoms with Gasteiger partial charge in [-0.05, 0) is 99.7 Å². The van der Waals surface area contributed by atoms with E-state index >= 15 is 0 Å². The summed E-state index contributed by atoms with van der Waals surface area (Å²) in [6, 6.07) is 67.8. The third-order valence-corrected chi connectivity index (χ3v) is 12.6. The maximum absolute atomic E-state index is 2.56. The number of hydrogen-bond acceptors (Lipinski definition) is 1. The first-order chi connectivity index (χ1) is 28.5. The zero-order valence-electron chi connectivity index (χ0n) is 33.8. The van der Waals surface area contributed by atoms with Crippen LogP contribution in [0.5, 0.6) is 0 Å². The molecule has 1 heterocycles. The van der Waals surface area contributed by atoms with Crippen molar-refractivity contribution in [2.75, 3.05) is 4.90 Å². The van der Waals surface area contributed by atoms with E-state index in [4.69, 9.17) is 0 Å². The SMILES string of the molecule is CC(C)(C)c1ccc(-c2ccccc2N(c2ccccc2-c2cccc3cccc(C4CCCCC4)c23)c2cccc3c2c2ccccc2n3-c2ccccc2)cc1. The molecular formula is C56H50N2. The third-order valence-electron chi connectivity index (χ3n) is 12.6. The second kappa shape index (κ2) is 14.8. The zero-order valence-corrected chi connectivity index (χ0v) is 33.8. The molecule has 1 aromatic heterocycles. The standard InChI is InChI=1S/C56H50N2/c1-56(2,3)42-37-35-40(36-38-42)44-25-10-13-30-49(44)58(53-34-18-33-52-55(53)48-27-12-15-32-51(48)57(52)43-23-8-5-9-24-43)50-31-14-11-26-46(50)47-29-17-22-41-21-16-28-45(54(41)47)39-19-6-4-7-20-39/h5,8-18,21-39H,4,6-7,19-20H2,1-3H3. The van der Waals surface area contributed by atoms with Gasteiger partial charge in [0.15, 0.2) is 0 Å². The minimum Gasteiger partial charge on any atom is -0.309 e. The summed E-state index contributed by atoms with van der Waals surface area (Å²) >= 11 is 0. The summed E-state index contributed by atoms with van der Waals surface area (Å²) in [5.74, 6) is 0.580. The first-order valence-electron chi connectivity index (χ1n) is 21.1. The van der Waals surface area contributed by atoms with Gasteiger partial charge < -0.3 is 9.47 Å². The predicted molar refractivity (Wildman–Crippen MR) is 248 cm³/mol. The van der Waals surface area contributed by atoms with Gasteiger partial charge >= 0.3 is 0 Å². The van der Waals surface area contributed by atoms with Gasteiger partial charge in [-0.25, -0.2) is 0 Å². The molecule has 284 valence electrons. The van der Waals surface area contributed by atoms with Crippen molar-refractivity contribution in [2.24, 2.45) is 0 Å². The van der Waals surface area contributed by atoms with Gasteiger partial charge in [-0.2, -0.15) is 0 Å². The molecule has 1 saturated carbocycles. The van der Waals surface area contributed by atoms with Crippen LogP contribution in [0.3, 0.4) is 0 Å². The summed E-state index contributed by atoms with van der Waals surface area (Å²) in [7, 11) is 0. The lowest BCUT2D eigenvalue weighted by atomic mass is 9.80. The topological polar surface area (TPSA) is 8.17 Å². The largest absolute Gasteiger partial charge is 0.309 e. The number of nitrogens with zero attached hydrogens (tertiary/aromatic N) is 2. The Hall–Kier alpha value is -6.38. The van der Waals surface area contributed by atoms with Crippen molar-refractivity contribution in [3.05, 3.63) is 193 Å². The molecule has 0 spiro atoms. The summed E-state index contributed by atoms with van der Waals surface area (Å²) in [4.78, 5) is 2.56. The van der Waals surface area contributed by atoms with E-state index in [1.807, 2.05) is 0 Å². The van der Waals surface area contributed by atoms with Crippen LogP contribution in [0.2, 0.25) is 0 Å². The molecule has 0 unspecified atom stereocenters. The Morgan fingerprint density at radius 3 is 1.81 bits per heavy atom. The number of rotatable bonds is 7. The van der Waals surface area contributed by atoms with Crippen LogP contribution in [0.25, 0.3) is 60.5 Å². The van der Waals surface area contributed by atoms with Crippen molar-refractivity contribution in [3.63, 3.8) is 0 Å². The molecule has 58 heavy (non-hydrogen) atoms. The van der Waals surface area contributed by atoms with Crippen LogP contribution < -0.4 is 4.90 Å². The Balaban J connectivity index is 1.28. The van der Waals surface area contributed by atoms with Gasteiger partial charge in [0.25, 0.3) is 0 Å². The van der Waals surface area contributed by atoms with Crippen molar-refractivity contribution in [2.45, 2.75) is 64.2 Å². The Morgan fingerprint density at radius 2 is 1.05 bits per heavy atom. The fraction of sp³-hybridized carbons (Fsp3) is 0.179. The monoisotopic (exact) mass is 750 g/mol. The summed E-state index contributed by atoms with van der Waals surface area (Å²) in [6.45, 7) is 6.86. The molecule has 0 bridgehead atoms. The van der Waals surface area contributed by atoms with Crippen molar-refractivity contribution < 1.29 is 0 Å². The van der Waals surface area contributed by atoms with Gasteiger partial charge in [-0.15, -0.1) is 0 Å². The van der Waals surface area contributed by atoms with E-state index in [9.17, 15) is 0 Å². The molecule has 1 aliphatic rings. The molecule has 2 nitrogen and oxygen atoms in total. The molecule has 0 amide bonds. The highest BCUT2D eigenvalue weighted by Crippen LogP contribution is 2.50. The van der Waals surface area contributed by atoms with E-state index in [1.54, 1.807) is 0 Å². The van der Waals surface area contributed by atoms with Crippen molar-refractivity contribution >= 4 is 49.6 Å². The lowest BCUT2D eigenvalue weighted by Gasteiger charge is -2.31. The van der Waals surface area contributed by atoms with E-state index in [-0.39, 0.29) is 5.41 Å². The van der Waals surface area contributed by atoms with E-state index in [0.717, 1.165) is 22.7 Å². The fourth-order valence-electron chi connectivity index (χ4n) is 9.74. The third kappa shape index (κ3) is 6.28. The Morgan fingerprint density at radius 1 is 0.466 bits per heavy atom. The number of para-hydroxylation sites is 4. The highest BCUT2D eigenvalue weighted by Gasteiger charge is 2.27. The first-order valence-corrected chi connectivity index (χ1v) is 21.1. The van der Waals surface area contributed by atoms with Crippen LogP contribution in [0.1, 0.15) is 69.9 Å². The van der Waals surface area contributed by atoms with Crippen LogP contribution in [0, 0.1) is 0 Å². The molecule has 1 aliphatic carbocycles. The molecule has 0 atom stereocenters. The Bertz CT molecular complexity index is 2900. The molecule has 10 rings (SSSR count). The van der Waals surface area contributed by atoms with Gasteiger partial charge in [-0.1, -0.05) is 180 Å². The van der Waals surface area contributed by atoms with Crippen LogP contribution in [0.4, 0.5) is 17.1 Å². The van der Waals surface area contributed by atoms with E-state index in [1.165, 1.54) is 98.1 Å². The summed E-state index contributed by atoms with van der Waals surface area (Å²) in [6.07, 6.45) is 6.48. The second-order valence-corrected chi connectivity index (χ2v) is 17.1. The smallest absolute Gasteiger partial charge is 0.0562 e. The maximum atomic E-state index is 2.56. The van der Waals surface area contributed by atoms with E-state index in [0.29, 0.717) is 5.92 Å². The minimum atomic E-state index is 0.0700. The lowest BCUT2D eigenvalue weighted by molar-refractivity contribution is 0.445. The number of aromatic nitrogens is 1. The highest BCUT2D eigenvalue weighted by atomic mass is 15.2. The predicted octanol–water partition coefficient (Wildman–Crippen LogP) is 16.1. The summed E-state index contributed by atoms with van der Waals surface area (Å²) in [5.41, 5.74) is 14.8. The molecule has 8 aromatic carbocycles. The first kappa shape index (κ1) is 36.0. The fourth-order valence-corrected chi connectivity index (χ4v) is 9.74.